The molecule has 1 unspecified atom stereocenters. The summed E-state index contributed by atoms with van der Waals surface area (Å²) < 4.78 is 18.7. The first kappa shape index (κ1) is 19.8. The molecule has 1 saturated heterocycles. The SMILES string of the molecule is CC1(C(=O)OCC(=O)c2c(-c3ccc(F)cc3)[nH]c3ccccc23)CCC(=O)NC1. The zero-order valence-corrected chi connectivity index (χ0v) is 16.5. The van der Waals surface area contributed by atoms with E-state index in [-0.39, 0.29) is 30.5 Å². The van der Waals surface area contributed by atoms with Gasteiger partial charge >= 0.3 is 5.97 Å². The third kappa shape index (κ3) is 3.70. The summed E-state index contributed by atoms with van der Waals surface area (Å²) in [5, 5.41) is 3.37. The van der Waals surface area contributed by atoms with Gasteiger partial charge in [0.05, 0.1) is 16.7 Å². The van der Waals surface area contributed by atoms with Gasteiger partial charge in [0.15, 0.2) is 6.61 Å². The molecule has 1 atom stereocenters. The van der Waals surface area contributed by atoms with E-state index in [1.807, 2.05) is 24.3 Å². The van der Waals surface area contributed by atoms with Crippen LogP contribution in [0.4, 0.5) is 4.39 Å². The van der Waals surface area contributed by atoms with Gasteiger partial charge in [-0.15, -0.1) is 0 Å². The van der Waals surface area contributed by atoms with Crippen LogP contribution in [0.2, 0.25) is 0 Å². The lowest BCUT2D eigenvalue weighted by molar-refractivity contribution is -0.155. The predicted molar refractivity (Wildman–Crippen MR) is 109 cm³/mol. The number of aromatic nitrogens is 1. The Balaban J connectivity index is 1.60. The van der Waals surface area contributed by atoms with Gasteiger partial charge in [-0.05, 0) is 49.2 Å². The minimum atomic E-state index is -0.853. The van der Waals surface area contributed by atoms with Crippen LogP contribution in [0.25, 0.3) is 22.2 Å². The first-order chi connectivity index (χ1) is 14.4. The molecule has 3 aromatic rings. The van der Waals surface area contributed by atoms with Crippen LogP contribution in [0.3, 0.4) is 0 Å². The molecule has 1 amide bonds. The fourth-order valence-corrected chi connectivity index (χ4v) is 3.68. The van der Waals surface area contributed by atoms with E-state index in [0.717, 1.165) is 5.52 Å². The molecule has 6 nitrogen and oxygen atoms in total. The monoisotopic (exact) mass is 408 g/mol. The van der Waals surface area contributed by atoms with Crippen LogP contribution in [-0.4, -0.2) is 35.8 Å². The van der Waals surface area contributed by atoms with E-state index in [1.165, 1.54) is 12.1 Å². The van der Waals surface area contributed by atoms with E-state index in [0.29, 0.717) is 28.6 Å². The van der Waals surface area contributed by atoms with Crippen molar-refractivity contribution in [1.29, 1.82) is 0 Å². The number of nitrogens with one attached hydrogen (secondary N) is 2. The summed E-state index contributed by atoms with van der Waals surface area (Å²) in [5.74, 6) is -1.34. The lowest BCUT2D eigenvalue weighted by Gasteiger charge is -2.31. The standard InChI is InChI=1S/C23H21FN2O4/c1-23(11-10-19(28)25-13-23)22(29)30-12-18(27)20-16-4-2-3-5-17(16)26-21(20)14-6-8-15(24)9-7-14/h2-9,26H,10-13H2,1H3,(H,25,28). The number of esters is 1. The minimum absolute atomic E-state index is 0.0981. The van der Waals surface area contributed by atoms with Crippen molar-refractivity contribution in [1.82, 2.24) is 10.3 Å². The lowest BCUT2D eigenvalue weighted by atomic mass is 9.83. The molecule has 1 aliphatic heterocycles. The molecule has 2 heterocycles. The van der Waals surface area contributed by atoms with Crippen LogP contribution >= 0.6 is 0 Å². The Kier molecular flexibility index (Phi) is 5.11. The number of piperidine rings is 1. The second-order valence-corrected chi connectivity index (χ2v) is 7.76. The molecule has 154 valence electrons. The number of amides is 1. The van der Waals surface area contributed by atoms with Gasteiger partial charge in [-0.2, -0.15) is 0 Å². The Labute approximate surface area is 172 Å². The third-order valence-corrected chi connectivity index (χ3v) is 5.52. The number of halogens is 1. The Morgan fingerprint density at radius 3 is 2.57 bits per heavy atom. The Morgan fingerprint density at radius 2 is 1.87 bits per heavy atom. The molecule has 2 N–H and O–H groups in total. The van der Waals surface area contributed by atoms with E-state index in [4.69, 9.17) is 4.74 Å². The Bertz CT molecular complexity index is 1120. The van der Waals surface area contributed by atoms with Crippen molar-refractivity contribution in [3.8, 4) is 11.3 Å². The van der Waals surface area contributed by atoms with E-state index in [2.05, 4.69) is 10.3 Å². The van der Waals surface area contributed by atoms with Gasteiger partial charge in [0.1, 0.15) is 5.82 Å². The first-order valence-electron chi connectivity index (χ1n) is 9.71. The van der Waals surface area contributed by atoms with E-state index in [1.54, 1.807) is 19.1 Å². The molecule has 4 rings (SSSR count). The van der Waals surface area contributed by atoms with Crippen LogP contribution in [0, 0.1) is 11.2 Å². The molecule has 0 aliphatic carbocycles. The minimum Gasteiger partial charge on any atom is -0.457 e. The van der Waals surface area contributed by atoms with Crippen molar-refractivity contribution >= 4 is 28.6 Å². The smallest absolute Gasteiger partial charge is 0.314 e. The van der Waals surface area contributed by atoms with Crippen molar-refractivity contribution < 1.29 is 23.5 Å². The number of H-pyrrole nitrogens is 1. The summed E-state index contributed by atoms with van der Waals surface area (Å²) >= 11 is 0. The normalized spacial score (nSPS) is 18.8. The van der Waals surface area contributed by atoms with Gasteiger partial charge in [-0.3, -0.25) is 14.4 Å². The summed E-state index contributed by atoms with van der Waals surface area (Å²) in [4.78, 5) is 40.2. The number of ether oxygens (including phenoxy) is 1. The fourth-order valence-electron chi connectivity index (χ4n) is 3.68. The van der Waals surface area contributed by atoms with Gasteiger partial charge < -0.3 is 15.0 Å². The van der Waals surface area contributed by atoms with Gasteiger partial charge in [0.25, 0.3) is 0 Å². The maximum absolute atomic E-state index is 13.4. The molecule has 1 aromatic heterocycles. The van der Waals surface area contributed by atoms with E-state index in [9.17, 15) is 18.8 Å². The molecule has 1 fully saturated rings. The number of ketones is 1. The van der Waals surface area contributed by atoms with Gasteiger partial charge in [-0.1, -0.05) is 18.2 Å². The number of rotatable bonds is 5. The van der Waals surface area contributed by atoms with Crippen LogP contribution in [0.1, 0.15) is 30.1 Å². The average Bonchev–Trinajstić information content (AvgIpc) is 3.14. The third-order valence-electron chi connectivity index (χ3n) is 5.52. The molecule has 0 radical (unpaired) electrons. The van der Waals surface area contributed by atoms with Crippen molar-refractivity contribution in [2.75, 3.05) is 13.2 Å². The molecule has 2 aromatic carbocycles. The van der Waals surface area contributed by atoms with E-state index < -0.39 is 18.0 Å². The summed E-state index contributed by atoms with van der Waals surface area (Å²) in [6, 6.07) is 13.2. The second kappa shape index (κ2) is 7.74. The maximum atomic E-state index is 13.4. The zero-order chi connectivity index (χ0) is 21.3. The number of para-hydroxylation sites is 1. The molecule has 7 heteroatoms. The Hall–Kier alpha value is -3.48. The molecular weight excluding hydrogens is 387 g/mol. The number of hydrogen-bond donors (Lipinski definition) is 2. The topological polar surface area (TPSA) is 88.3 Å². The second-order valence-electron chi connectivity index (χ2n) is 7.76. The maximum Gasteiger partial charge on any atom is 0.314 e. The van der Waals surface area contributed by atoms with Crippen molar-refractivity contribution in [2.45, 2.75) is 19.8 Å². The number of Topliss-reactive ketones (excluding diaryl/α,β-unsaturated/α-hetero) is 1. The number of carbonyl (C=O) groups is 3. The van der Waals surface area contributed by atoms with Gasteiger partial charge in [0, 0.05) is 23.9 Å². The number of aromatic amines is 1. The quantitative estimate of drug-likeness (QED) is 0.499. The highest BCUT2D eigenvalue weighted by molar-refractivity contribution is 6.14. The number of fused-ring (bicyclic) bond motifs is 1. The van der Waals surface area contributed by atoms with Crippen molar-refractivity contribution in [3.63, 3.8) is 0 Å². The summed E-state index contributed by atoms with van der Waals surface area (Å²) in [7, 11) is 0. The summed E-state index contributed by atoms with van der Waals surface area (Å²) in [6.07, 6.45) is 0.622. The van der Waals surface area contributed by atoms with Crippen molar-refractivity contribution in [3.05, 3.63) is 59.9 Å². The highest BCUT2D eigenvalue weighted by atomic mass is 19.1. The highest BCUT2D eigenvalue weighted by Crippen LogP contribution is 2.32. The van der Waals surface area contributed by atoms with Crippen LogP contribution in [0.5, 0.6) is 0 Å². The highest BCUT2D eigenvalue weighted by Gasteiger charge is 2.39. The number of carbonyl (C=O) groups excluding carboxylic acids is 3. The van der Waals surface area contributed by atoms with E-state index >= 15 is 0 Å². The van der Waals surface area contributed by atoms with Crippen LogP contribution in [0.15, 0.2) is 48.5 Å². The summed E-state index contributed by atoms with van der Waals surface area (Å²) in [6.45, 7) is 1.49. The molecular formula is C23H21FN2O4. The average molecular weight is 408 g/mol. The molecule has 0 spiro atoms. The molecule has 1 aliphatic rings. The first-order valence-corrected chi connectivity index (χ1v) is 9.71. The number of hydrogen-bond acceptors (Lipinski definition) is 4. The Morgan fingerprint density at radius 1 is 1.13 bits per heavy atom. The molecule has 0 bridgehead atoms. The largest absolute Gasteiger partial charge is 0.457 e. The van der Waals surface area contributed by atoms with Crippen LogP contribution in [-0.2, 0) is 14.3 Å². The molecule has 0 saturated carbocycles. The zero-order valence-electron chi connectivity index (χ0n) is 16.5. The van der Waals surface area contributed by atoms with Gasteiger partial charge in [-0.25, -0.2) is 4.39 Å². The van der Waals surface area contributed by atoms with Crippen molar-refractivity contribution in [2.24, 2.45) is 5.41 Å². The van der Waals surface area contributed by atoms with Crippen LogP contribution < -0.4 is 5.32 Å². The summed E-state index contributed by atoms with van der Waals surface area (Å²) in [5.41, 5.74) is 1.51. The fraction of sp³-hybridized carbons (Fsp3) is 0.261. The number of benzene rings is 2. The lowest BCUT2D eigenvalue weighted by Crippen LogP contribution is -2.47. The van der Waals surface area contributed by atoms with Gasteiger partial charge in [0.2, 0.25) is 11.7 Å². The molecule has 30 heavy (non-hydrogen) atoms. The predicted octanol–water partition coefficient (Wildman–Crippen LogP) is 3.62.